The van der Waals surface area contributed by atoms with Crippen molar-refractivity contribution in [3.05, 3.63) is 57.9 Å². The van der Waals surface area contributed by atoms with Gasteiger partial charge in [0.2, 0.25) is 0 Å². The van der Waals surface area contributed by atoms with Gasteiger partial charge in [-0.3, -0.25) is 0 Å². The van der Waals surface area contributed by atoms with Gasteiger partial charge in [0.15, 0.2) is 0 Å². The van der Waals surface area contributed by atoms with Gasteiger partial charge in [-0.15, -0.1) is 0 Å². The van der Waals surface area contributed by atoms with E-state index in [0.29, 0.717) is 0 Å². The lowest BCUT2D eigenvalue weighted by atomic mass is 9.97. The third-order valence-corrected chi connectivity index (χ3v) is 5.52. The van der Waals surface area contributed by atoms with Gasteiger partial charge in [0.1, 0.15) is 0 Å². The monoisotopic (exact) mass is 242 g/mol. The van der Waals surface area contributed by atoms with Gasteiger partial charge in [-0.05, 0) is 37.0 Å². The van der Waals surface area contributed by atoms with Gasteiger partial charge in [-0.2, -0.15) is 0 Å². The van der Waals surface area contributed by atoms with Crippen molar-refractivity contribution in [2.75, 3.05) is 0 Å². The van der Waals surface area contributed by atoms with E-state index in [-0.39, 0.29) is 0 Å². The van der Waals surface area contributed by atoms with E-state index in [1.165, 1.54) is 22.3 Å². The Kier molecular flexibility index (Phi) is 3.13. The topological polar surface area (TPSA) is 0 Å². The summed E-state index contributed by atoms with van der Waals surface area (Å²) in [4.78, 5) is 0. The molecule has 0 bridgehead atoms. The van der Waals surface area contributed by atoms with E-state index in [9.17, 15) is 0 Å². The van der Waals surface area contributed by atoms with Gasteiger partial charge in [0.25, 0.3) is 0 Å². The Morgan fingerprint density at radius 3 is 2.41 bits per heavy atom. The summed E-state index contributed by atoms with van der Waals surface area (Å²) in [6, 6.07) is 0. The highest BCUT2D eigenvalue weighted by molar-refractivity contribution is 6.83. The molecule has 0 saturated carbocycles. The summed E-state index contributed by atoms with van der Waals surface area (Å²) in [5.41, 5.74) is 5.77. The van der Waals surface area contributed by atoms with Crippen LogP contribution in [0.5, 0.6) is 0 Å². The average Bonchev–Trinajstić information content (AvgIpc) is 2.85. The largest absolute Gasteiger partial charge is 0.0808 e. The zero-order chi connectivity index (χ0) is 12.6. The fourth-order valence-corrected chi connectivity index (χ4v) is 3.69. The van der Waals surface area contributed by atoms with Crippen LogP contribution < -0.4 is 0 Å². The number of allylic oxidation sites excluding steroid dienone is 10. The van der Waals surface area contributed by atoms with Crippen LogP contribution in [-0.2, 0) is 0 Å². The lowest BCUT2D eigenvalue weighted by molar-refractivity contribution is 1.23. The summed E-state index contributed by atoms with van der Waals surface area (Å²) >= 11 is 0. The SMILES string of the molecule is CC(C)=C1C=CC=C1C1=CC([Si](C)(C)C)=CC1. The molecule has 0 nitrogen and oxygen atoms in total. The zero-order valence-corrected chi connectivity index (χ0v) is 12.6. The van der Waals surface area contributed by atoms with Gasteiger partial charge in [0, 0.05) is 0 Å². The summed E-state index contributed by atoms with van der Waals surface area (Å²) < 4.78 is 0. The molecule has 0 saturated heterocycles. The van der Waals surface area contributed by atoms with Crippen LogP contribution in [0.1, 0.15) is 20.3 Å². The van der Waals surface area contributed by atoms with Gasteiger partial charge in [0.05, 0.1) is 8.07 Å². The molecule has 0 atom stereocenters. The highest BCUT2D eigenvalue weighted by Gasteiger charge is 2.23. The van der Waals surface area contributed by atoms with Crippen molar-refractivity contribution in [2.24, 2.45) is 0 Å². The highest BCUT2D eigenvalue weighted by Crippen LogP contribution is 2.35. The molecule has 17 heavy (non-hydrogen) atoms. The maximum Gasteiger partial charge on any atom is 0.0772 e. The summed E-state index contributed by atoms with van der Waals surface area (Å²) in [6.45, 7) is 11.6. The first-order chi connectivity index (χ1) is 7.89. The van der Waals surface area contributed by atoms with Crippen molar-refractivity contribution in [1.29, 1.82) is 0 Å². The van der Waals surface area contributed by atoms with Crippen LogP contribution in [0.3, 0.4) is 0 Å². The van der Waals surface area contributed by atoms with Crippen LogP contribution in [0.4, 0.5) is 0 Å². The molecule has 0 heterocycles. The first-order valence-corrected chi connectivity index (χ1v) is 9.87. The molecule has 2 rings (SSSR count). The molecular weight excluding hydrogens is 220 g/mol. The maximum absolute atomic E-state index is 2.44. The molecule has 1 heteroatoms. The predicted octanol–water partition coefficient (Wildman–Crippen LogP) is 4.95. The van der Waals surface area contributed by atoms with E-state index in [2.05, 4.69) is 63.9 Å². The molecule has 0 radical (unpaired) electrons. The van der Waals surface area contributed by atoms with Crippen LogP contribution in [0.25, 0.3) is 0 Å². The second-order valence-corrected chi connectivity index (χ2v) is 11.2. The molecule has 0 aromatic carbocycles. The Hall–Kier alpha value is -1.08. The summed E-state index contributed by atoms with van der Waals surface area (Å²) in [5.74, 6) is 0. The summed E-state index contributed by atoms with van der Waals surface area (Å²) in [6.07, 6.45) is 12.7. The molecule has 0 unspecified atom stereocenters. The molecule has 0 spiro atoms. The van der Waals surface area contributed by atoms with Crippen molar-refractivity contribution >= 4 is 8.07 Å². The molecule has 90 valence electrons. The quantitative estimate of drug-likeness (QED) is 0.601. The van der Waals surface area contributed by atoms with Crippen molar-refractivity contribution in [2.45, 2.75) is 39.9 Å². The van der Waals surface area contributed by atoms with Crippen LogP contribution in [0.2, 0.25) is 19.6 Å². The third kappa shape index (κ3) is 2.44. The lowest BCUT2D eigenvalue weighted by Gasteiger charge is -2.15. The fourth-order valence-electron chi connectivity index (χ4n) is 2.37. The molecule has 2 aliphatic carbocycles. The maximum atomic E-state index is 2.44. The Balaban J connectivity index is 2.28. The van der Waals surface area contributed by atoms with Gasteiger partial charge >= 0.3 is 0 Å². The van der Waals surface area contributed by atoms with Crippen molar-refractivity contribution in [3.8, 4) is 0 Å². The highest BCUT2D eigenvalue weighted by atomic mass is 28.3. The lowest BCUT2D eigenvalue weighted by Crippen LogP contribution is -2.21. The van der Waals surface area contributed by atoms with Crippen LogP contribution in [-0.4, -0.2) is 8.07 Å². The third-order valence-electron chi connectivity index (χ3n) is 3.44. The van der Waals surface area contributed by atoms with E-state index < -0.39 is 8.07 Å². The van der Waals surface area contributed by atoms with Gasteiger partial charge in [-0.1, -0.05) is 60.8 Å². The summed E-state index contributed by atoms with van der Waals surface area (Å²) in [7, 11) is -1.15. The normalized spacial score (nSPS) is 19.4. The Morgan fingerprint density at radius 2 is 1.88 bits per heavy atom. The second-order valence-electron chi connectivity index (χ2n) is 6.14. The molecule has 0 fully saturated rings. The van der Waals surface area contributed by atoms with Crippen molar-refractivity contribution < 1.29 is 0 Å². The van der Waals surface area contributed by atoms with Crippen LogP contribution >= 0.6 is 0 Å². The number of hydrogen-bond acceptors (Lipinski definition) is 0. The van der Waals surface area contributed by atoms with Crippen LogP contribution in [0, 0.1) is 0 Å². The summed E-state index contributed by atoms with van der Waals surface area (Å²) in [5, 5.41) is 1.61. The predicted molar refractivity (Wildman–Crippen MR) is 79.7 cm³/mol. The van der Waals surface area contributed by atoms with Crippen LogP contribution in [0.15, 0.2) is 57.9 Å². The van der Waals surface area contributed by atoms with E-state index in [1.54, 1.807) is 5.20 Å². The first kappa shape index (κ1) is 12.4. The van der Waals surface area contributed by atoms with Crippen molar-refractivity contribution in [3.63, 3.8) is 0 Å². The molecule has 0 N–H and O–H groups in total. The minimum atomic E-state index is -1.15. The number of rotatable bonds is 2. The van der Waals surface area contributed by atoms with E-state index in [0.717, 1.165) is 6.42 Å². The van der Waals surface area contributed by atoms with E-state index in [4.69, 9.17) is 0 Å². The molecule has 2 aliphatic rings. The molecule has 0 amide bonds. The number of hydrogen-bond donors (Lipinski definition) is 0. The standard InChI is InChI=1S/C16H22Si/c1-12(2)15-7-6-8-16(15)13-9-10-14(11-13)17(3,4)5/h6-8,10-11H,9H2,1-5H3. The smallest absolute Gasteiger partial charge is 0.0772 e. The molecule has 0 aromatic rings. The molecule has 0 aliphatic heterocycles. The molecule has 0 aromatic heterocycles. The average molecular weight is 242 g/mol. The first-order valence-electron chi connectivity index (χ1n) is 6.37. The van der Waals surface area contributed by atoms with Crippen molar-refractivity contribution in [1.82, 2.24) is 0 Å². The van der Waals surface area contributed by atoms with E-state index >= 15 is 0 Å². The minimum Gasteiger partial charge on any atom is -0.0808 e. The minimum absolute atomic E-state index is 1.11. The van der Waals surface area contributed by atoms with Gasteiger partial charge in [-0.25, -0.2) is 0 Å². The fraction of sp³-hybridized carbons (Fsp3) is 0.375. The van der Waals surface area contributed by atoms with Gasteiger partial charge < -0.3 is 0 Å². The Morgan fingerprint density at radius 1 is 1.18 bits per heavy atom. The Labute approximate surface area is 106 Å². The second kappa shape index (κ2) is 4.30. The Bertz CT molecular complexity index is 484. The molecular formula is C16H22Si. The van der Waals surface area contributed by atoms with E-state index in [1.807, 2.05) is 0 Å². The zero-order valence-electron chi connectivity index (χ0n) is 11.6.